The highest BCUT2D eigenvalue weighted by atomic mass is 32.2. The van der Waals surface area contributed by atoms with E-state index in [1.165, 1.54) is 18.2 Å². The fourth-order valence-electron chi connectivity index (χ4n) is 2.64. The molecule has 1 aromatic carbocycles. The summed E-state index contributed by atoms with van der Waals surface area (Å²) in [6.45, 7) is 1.74. The van der Waals surface area contributed by atoms with E-state index in [9.17, 15) is 23.3 Å². The van der Waals surface area contributed by atoms with Crippen LogP contribution >= 0.6 is 0 Å². The largest absolute Gasteiger partial charge is 0.481 e. The molecular formula is C13H16N2O6S. The minimum absolute atomic E-state index is 0.132. The van der Waals surface area contributed by atoms with Crippen molar-refractivity contribution in [3.05, 3.63) is 34.4 Å². The lowest BCUT2D eigenvalue weighted by atomic mass is 9.92. The van der Waals surface area contributed by atoms with Gasteiger partial charge < -0.3 is 5.11 Å². The van der Waals surface area contributed by atoms with E-state index in [4.69, 9.17) is 5.11 Å². The zero-order valence-electron chi connectivity index (χ0n) is 11.9. The van der Waals surface area contributed by atoms with E-state index < -0.39 is 37.4 Å². The number of aliphatic carboxylic acids is 1. The van der Waals surface area contributed by atoms with Gasteiger partial charge in [-0.3, -0.25) is 14.9 Å². The molecule has 2 atom stereocenters. The highest BCUT2D eigenvalue weighted by Crippen LogP contribution is 2.31. The number of piperidine rings is 1. The summed E-state index contributed by atoms with van der Waals surface area (Å²) in [4.78, 5) is 21.0. The third-order valence-electron chi connectivity index (χ3n) is 3.66. The normalized spacial score (nSPS) is 23.1. The van der Waals surface area contributed by atoms with Gasteiger partial charge in [0.25, 0.3) is 5.69 Å². The number of carboxylic acids is 1. The highest BCUT2D eigenvalue weighted by molar-refractivity contribution is 7.89. The second-order valence-corrected chi connectivity index (χ2v) is 7.33. The van der Waals surface area contributed by atoms with Gasteiger partial charge in [0, 0.05) is 19.2 Å². The number of nitro groups is 1. The summed E-state index contributed by atoms with van der Waals surface area (Å²) in [6, 6.07) is 5.08. The van der Waals surface area contributed by atoms with E-state index in [-0.39, 0.29) is 19.0 Å². The number of sulfonamides is 1. The van der Waals surface area contributed by atoms with Gasteiger partial charge in [-0.25, -0.2) is 8.42 Å². The summed E-state index contributed by atoms with van der Waals surface area (Å²) >= 11 is 0. The molecule has 1 saturated heterocycles. The van der Waals surface area contributed by atoms with Gasteiger partial charge in [0.2, 0.25) is 10.0 Å². The Morgan fingerprint density at radius 2 is 2.00 bits per heavy atom. The van der Waals surface area contributed by atoms with Gasteiger partial charge in [-0.05, 0) is 18.4 Å². The van der Waals surface area contributed by atoms with Crippen LogP contribution in [0.5, 0.6) is 0 Å². The van der Waals surface area contributed by atoms with Crippen LogP contribution in [0.4, 0.5) is 5.69 Å². The maximum Gasteiger partial charge on any atom is 0.307 e. The minimum Gasteiger partial charge on any atom is -0.481 e. The summed E-state index contributed by atoms with van der Waals surface area (Å²) in [5, 5.41) is 20.1. The number of carbonyl (C=O) groups is 1. The van der Waals surface area contributed by atoms with Crippen LogP contribution in [-0.4, -0.2) is 41.8 Å². The summed E-state index contributed by atoms with van der Waals surface area (Å²) in [5.41, 5.74) is -0.507. The topological polar surface area (TPSA) is 118 Å². The maximum atomic E-state index is 12.7. The number of carboxylic acid groups (broad SMARTS) is 1. The van der Waals surface area contributed by atoms with Crippen LogP contribution in [-0.2, 0) is 14.8 Å². The lowest BCUT2D eigenvalue weighted by Crippen LogP contribution is -2.45. The molecule has 0 bridgehead atoms. The molecule has 0 spiro atoms. The van der Waals surface area contributed by atoms with Gasteiger partial charge in [-0.15, -0.1) is 0 Å². The summed E-state index contributed by atoms with van der Waals surface area (Å²) in [7, 11) is -4.11. The number of nitrogens with zero attached hydrogens (tertiary/aromatic N) is 2. The molecule has 2 rings (SSSR count). The number of hydrogen-bond acceptors (Lipinski definition) is 5. The van der Waals surface area contributed by atoms with E-state index in [0.717, 1.165) is 10.4 Å². The van der Waals surface area contributed by atoms with Crippen LogP contribution in [0.3, 0.4) is 0 Å². The van der Waals surface area contributed by atoms with Gasteiger partial charge in [-0.1, -0.05) is 19.1 Å². The van der Waals surface area contributed by atoms with Crippen molar-refractivity contribution in [3.8, 4) is 0 Å². The molecule has 1 aliphatic rings. The number of hydrogen-bond donors (Lipinski definition) is 1. The fourth-order valence-corrected chi connectivity index (χ4v) is 4.41. The minimum atomic E-state index is -4.11. The summed E-state index contributed by atoms with van der Waals surface area (Å²) in [6.07, 6.45) is 0.387. The monoisotopic (exact) mass is 328 g/mol. The first kappa shape index (κ1) is 16.4. The molecule has 22 heavy (non-hydrogen) atoms. The van der Waals surface area contributed by atoms with Gasteiger partial charge >= 0.3 is 5.97 Å². The van der Waals surface area contributed by atoms with Crippen molar-refractivity contribution >= 4 is 21.7 Å². The van der Waals surface area contributed by atoms with E-state index in [1.54, 1.807) is 6.92 Å². The quantitative estimate of drug-likeness (QED) is 0.658. The first-order valence-electron chi connectivity index (χ1n) is 6.70. The molecule has 2 unspecified atom stereocenters. The number of benzene rings is 1. The molecule has 120 valence electrons. The molecule has 1 fully saturated rings. The zero-order valence-corrected chi connectivity index (χ0v) is 12.7. The van der Waals surface area contributed by atoms with Crippen molar-refractivity contribution in [1.82, 2.24) is 4.31 Å². The molecule has 1 aliphatic heterocycles. The fraction of sp³-hybridized carbons (Fsp3) is 0.462. The molecule has 8 nitrogen and oxygen atoms in total. The second kappa shape index (κ2) is 6.01. The summed E-state index contributed by atoms with van der Waals surface area (Å²) in [5.74, 6) is -2.00. The molecule has 9 heteroatoms. The average molecular weight is 328 g/mol. The third-order valence-corrected chi connectivity index (χ3v) is 5.53. The molecule has 0 aromatic heterocycles. The Balaban J connectivity index is 2.42. The van der Waals surface area contributed by atoms with E-state index in [1.807, 2.05) is 0 Å². The van der Waals surface area contributed by atoms with E-state index >= 15 is 0 Å². The lowest BCUT2D eigenvalue weighted by Gasteiger charge is -2.33. The zero-order chi connectivity index (χ0) is 16.5. The smallest absolute Gasteiger partial charge is 0.307 e. The molecule has 0 saturated carbocycles. The van der Waals surface area contributed by atoms with Crippen LogP contribution in [0.15, 0.2) is 29.2 Å². The van der Waals surface area contributed by atoms with Crippen LogP contribution in [0.1, 0.15) is 13.3 Å². The first-order valence-corrected chi connectivity index (χ1v) is 8.14. The second-order valence-electron chi connectivity index (χ2n) is 5.42. The Morgan fingerprint density at radius 3 is 2.59 bits per heavy atom. The molecular weight excluding hydrogens is 312 g/mol. The van der Waals surface area contributed by atoms with E-state index in [0.29, 0.717) is 6.42 Å². The van der Waals surface area contributed by atoms with Crippen molar-refractivity contribution in [1.29, 1.82) is 0 Å². The molecule has 1 aromatic rings. The summed E-state index contributed by atoms with van der Waals surface area (Å²) < 4.78 is 26.3. The molecule has 0 aliphatic carbocycles. The predicted molar refractivity (Wildman–Crippen MR) is 76.8 cm³/mol. The van der Waals surface area contributed by atoms with Gasteiger partial charge in [0.15, 0.2) is 4.90 Å². The van der Waals surface area contributed by atoms with Crippen molar-refractivity contribution in [2.24, 2.45) is 11.8 Å². The van der Waals surface area contributed by atoms with Crippen molar-refractivity contribution in [3.63, 3.8) is 0 Å². The van der Waals surface area contributed by atoms with Crippen LogP contribution in [0.2, 0.25) is 0 Å². The Bertz CT molecular complexity index is 702. The standard InChI is InChI=1S/C13H16N2O6S/c1-9-6-10(13(16)17)8-14(7-9)22(20,21)12-5-3-2-4-11(12)15(18)19/h2-5,9-10H,6-8H2,1H3,(H,16,17). The Kier molecular flexibility index (Phi) is 4.47. The van der Waals surface area contributed by atoms with Crippen molar-refractivity contribution < 1.29 is 23.2 Å². The number of rotatable bonds is 4. The highest BCUT2D eigenvalue weighted by Gasteiger charge is 2.38. The Morgan fingerprint density at radius 1 is 1.36 bits per heavy atom. The third kappa shape index (κ3) is 3.09. The molecule has 0 radical (unpaired) electrons. The van der Waals surface area contributed by atoms with Gasteiger partial charge in [-0.2, -0.15) is 4.31 Å². The SMILES string of the molecule is CC1CC(C(=O)O)CN(S(=O)(=O)c2ccccc2[N+](=O)[O-])C1. The van der Waals surface area contributed by atoms with Crippen LogP contribution < -0.4 is 0 Å². The Labute approximate surface area is 127 Å². The molecule has 1 N–H and O–H groups in total. The Hall–Kier alpha value is -2.00. The molecule has 1 heterocycles. The number of para-hydroxylation sites is 1. The number of nitro benzene ring substituents is 1. The lowest BCUT2D eigenvalue weighted by molar-refractivity contribution is -0.387. The van der Waals surface area contributed by atoms with Crippen molar-refractivity contribution in [2.75, 3.05) is 13.1 Å². The predicted octanol–water partition coefficient (Wildman–Crippen LogP) is 1.33. The van der Waals surface area contributed by atoms with Crippen LogP contribution in [0.25, 0.3) is 0 Å². The maximum absolute atomic E-state index is 12.7. The van der Waals surface area contributed by atoms with Gasteiger partial charge in [0.05, 0.1) is 10.8 Å². The van der Waals surface area contributed by atoms with Gasteiger partial charge in [0.1, 0.15) is 0 Å². The first-order chi connectivity index (χ1) is 10.2. The average Bonchev–Trinajstić information content (AvgIpc) is 2.46. The van der Waals surface area contributed by atoms with Crippen LogP contribution in [0, 0.1) is 22.0 Å². The van der Waals surface area contributed by atoms with E-state index in [2.05, 4.69) is 0 Å². The van der Waals surface area contributed by atoms with Crippen molar-refractivity contribution in [2.45, 2.75) is 18.2 Å². The molecule has 0 amide bonds.